The van der Waals surface area contributed by atoms with E-state index in [9.17, 15) is 8.42 Å². The van der Waals surface area contributed by atoms with E-state index >= 15 is 0 Å². The highest BCUT2D eigenvalue weighted by Gasteiger charge is 2.26. The Morgan fingerprint density at radius 2 is 1.67 bits per heavy atom. The second-order valence-corrected chi connectivity index (χ2v) is 6.75. The molecule has 0 saturated heterocycles. The molecule has 92 valence electrons. The van der Waals surface area contributed by atoms with E-state index in [-0.39, 0.29) is 11.3 Å². The quantitative estimate of drug-likeness (QED) is 0.732. The van der Waals surface area contributed by atoms with Crippen LogP contribution in [0, 0.1) is 5.92 Å². The molecule has 0 heterocycles. The summed E-state index contributed by atoms with van der Waals surface area (Å²) in [6, 6.07) is 0.0740. The molecule has 0 aliphatic heterocycles. The lowest BCUT2D eigenvalue weighted by atomic mass is 9.93. The van der Waals surface area contributed by atoms with Crippen molar-refractivity contribution < 1.29 is 8.42 Å². The van der Waals surface area contributed by atoms with Crippen LogP contribution in [-0.2, 0) is 9.84 Å². The van der Waals surface area contributed by atoms with Crippen LogP contribution in [0.3, 0.4) is 0 Å². The van der Waals surface area contributed by atoms with E-state index in [1.54, 1.807) is 6.92 Å². The molecule has 0 rings (SSSR count). The molecule has 0 fully saturated rings. The predicted molar refractivity (Wildman–Crippen MR) is 65.8 cm³/mol. The zero-order valence-corrected chi connectivity index (χ0v) is 11.4. The number of hydrogen-bond donors (Lipinski definition) is 1. The molecule has 0 aliphatic rings. The van der Waals surface area contributed by atoms with Crippen LogP contribution >= 0.6 is 0 Å². The molecule has 0 aromatic rings. The number of nitrogens with one attached hydrogen (secondary N) is 1. The maximum Gasteiger partial charge on any atom is 0.151 e. The largest absolute Gasteiger partial charge is 0.316 e. The fraction of sp³-hybridized carbons (Fsp3) is 1.00. The van der Waals surface area contributed by atoms with Crippen LogP contribution in [0.1, 0.15) is 40.0 Å². The Kier molecular flexibility index (Phi) is 6.44. The summed E-state index contributed by atoms with van der Waals surface area (Å²) in [7, 11) is -1.10. The minimum atomic E-state index is -2.94. The van der Waals surface area contributed by atoms with Crippen LogP contribution in [0.15, 0.2) is 0 Å². The Labute approximate surface area is 94.6 Å². The molecule has 3 nitrogen and oxygen atoms in total. The van der Waals surface area contributed by atoms with Gasteiger partial charge in [0.05, 0.1) is 5.25 Å². The minimum absolute atomic E-state index is 0.0740. The molecule has 0 radical (unpaired) electrons. The first kappa shape index (κ1) is 14.9. The summed E-state index contributed by atoms with van der Waals surface area (Å²) in [5.74, 6) is 0.617. The van der Waals surface area contributed by atoms with Gasteiger partial charge in [0.1, 0.15) is 0 Å². The molecule has 0 spiro atoms. The fourth-order valence-electron chi connectivity index (χ4n) is 1.82. The summed E-state index contributed by atoms with van der Waals surface area (Å²) < 4.78 is 22.9. The van der Waals surface area contributed by atoms with Crippen molar-refractivity contribution in [1.82, 2.24) is 5.32 Å². The van der Waals surface area contributed by atoms with Gasteiger partial charge in [-0.3, -0.25) is 0 Å². The first-order valence-electron chi connectivity index (χ1n) is 5.72. The highest BCUT2D eigenvalue weighted by atomic mass is 32.2. The molecule has 0 saturated carbocycles. The lowest BCUT2D eigenvalue weighted by Crippen LogP contribution is -2.41. The van der Waals surface area contributed by atoms with Gasteiger partial charge in [0.25, 0.3) is 0 Å². The summed E-state index contributed by atoms with van der Waals surface area (Å²) >= 11 is 0. The van der Waals surface area contributed by atoms with Crippen molar-refractivity contribution >= 4 is 9.84 Å². The molecule has 0 aromatic carbocycles. The molecule has 0 aromatic heterocycles. The SMILES string of the molecule is CCC(CC)CC(NC)C(C)S(C)(=O)=O. The fourth-order valence-corrected chi connectivity index (χ4v) is 2.67. The molecule has 1 N–H and O–H groups in total. The van der Waals surface area contributed by atoms with Gasteiger partial charge in [-0.2, -0.15) is 0 Å². The summed E-state index contributed by atoms with van der Waals surface area (Å²) in [6.45, 7) is 6.11. The van der Waals surface area contributed by atoms with Gasteiger partial charge in [-0.25, -0.2) is 8.42 Å². The van der Waals surface area contributed by atoms with E-state index in [1.165, 1.54) is 6.26 Å². The average Bonchev–Trinajstić information content (AvgIpc) is 2.18. The molecule has 2 unspecified atom stereocenters. The van der Waals surface area contributed by atoms with Crippen molar-refractivity contribution in [3.05, 3.63) is 0 Å². The monoisotopic (exact) mass is 235 g/mol. The standard InChI is InChI=1S/C11H25NO2S/c1-6-10(7-2)8-11(12-4)9(3)15(5,13)14/h9-12H,6-8H2,1-5H3. The summed E-state index contributed by atoms with van der Waals surface area (Å²) in [4.78, 5) is 0. The highest BCUT2D eigenvalue weighted by Crippen LogP contribution is 2.19. The number of rotatable bonds is 7. The van der Waals surface area contributed by atoms with Crippen molar-refractivity contribution in [2.24, 2.45) is 5.92 Å². The maximum atomic E-state index is 11.4. The van der Waals surface area contributed by atoms with E-state index < -0.39 is 9.84 Å². The van der Waals surface area contributed by atoms with Crippen molar-refractivity contribution in [3.8, 4) is 0 Å². The summed E-state index contributed by atoms with van der Waals surface area (Å²) in [6.07, 6.45) is 4.49. The van der Waals surface area contributed by atoms with Crippen molar-refractivity contribution in [1.29, 1.82) is 0 Å². The van der Waals surface area contributed by atoms with Gasteiger partial charge < -0.3 is 5.32 Å². The molecule has 0 aliphatic carbocycles. The van der Waals surface area contributed by atoms with E-state index in [0.717, 1.165) is 19.3 Å². The topological polar surface area (TPSA) is 46.2 Å². The van der Waals surface area contributed by atoms with Crippen LogP contribution in [0.25, 0.3) is 0 Å². The number of hydrogen-bond acceptors (Lipinski definition) is 3. The first-order valence-corrected chi connectivity index (χ1v) is 7.68. The van der Waals surface area contributed by atoms with Gasteiger partial charge in [-0.15, -0.1) is 0 Å². The van der Waals surface area contributed by atoms with Crippen LogP contribution in [0.2, 0.25) is 0 Å². The molecule has 0 amide bonds. The van der Waals surface area contributed by atoms with Crippen molar-refractivity contribution in [2.75, 3.05) is 13.3 Å². The third kappa shape index (κ3) is 4.98. The van der Waals surface area contributed by atoms with E-state index in [2.05, 4.69) is 19.2 Å². The zero-order valence-electron chi connectivity index (χ0n) is 10.6. The Morgan fingerprint density at radius 3 is 1.93 bits per heavy atom. The van der Waals surface area contributed by atoms with E-state index in [1.807, 2.05) is 7.05 Å². The molecular formula is C11H25NO2S. The van der Waals surface area contributed by atoms with Gasteiger partial charge in [0.2, 0.25) is 0 Å². The Bertz CT molecular complexity index is 258. The predicted octanol–water partition coefficient (Wildman–Crippen LogP) is 1.83. The van der Waals surface area contributed by atoms with Gasteiger partial charge >= 0.3 is 0 Å². The normalized spacial score (nSPS) is 16.7. The van der Waals surface area contributed by atoms with E-state index in [0.29, 0.717) is 5.92 Å². The average molecular weight is 235 g/mol. The Balaban J connectivity index is 4.49. The first-order chi connectivity index (χ1) is 6.86. The smallest absolute Gasteiger partial charge is 0.151 e. The van der Waals surface area contributed by atoms with Crippen LogP contribution in [0.4, 0.5) is 0 Å². The molecular weight excluding hydrogens is 210 g/mol. The van der Waals surface area contributed by atoms with Crippen LogP contribution in [0.5, 0.6) is 0 Å². The van der Waals surface area contributed by atoms with Gasteiger partial charge in [0.15, 0.2) is 9.84 Å². The summed E-state index contributed by atoms with van der Waals surface area (Å²) in [5.41, 5.74) is 0. The Hall–Kier alpha value is -0.0900. The number of sulfone groups is 1. The molecule has 0 bridgehead atoms. The zero-order chi connectivity index (χ0) is 12.1. The van der Waals surface area contributed by atoms with E-state index in [4.69, 9.17) is 0 Å². The maximum absolute atomic E-state index is 11.4. The second-order valence-electron chi connectivity index (χ2n) is 4.35. The molecule has 2 atom stereocenters. The Morgan fingerprint density at radius 1 is 1.20 bits per heavy atom. The molecule has 15 heavy (non-hydrogen) atoms. The van der Waals surface area contributed by atoms with Gasteiger partial charge in [-0.05, 0) is 26.3 Å². The van der Waals surface area contributed by atoms with Crippen molar-refractivity contribution in [2.45, 2.75) is 51.3 Å². The lowest BCUT2D eigenvalue weighted by Gasteiger charge is -2.25. The van der Waals surface area contributed by atoms with Gasteiger partial charge in [0, 0.05) is 12.3 Å². The molecule has 4 heteroatoms. The minimum Gasteiger partial charge on any atom is -0.316 e. The summed E-state index contributed by atoms with van der Waals surface area (Å²) in [5, 5.41) is 2.83. The van der Waals surface area contributed by atoms with Crippen LogP contribution < -0.4 is 5.32 Å². The van der Waals surface area contributed by atoms with Gasteiger partial charge in [-0.1, -0.05) is 26.7 Å². The second kappa shape index (κ2) is 6.48. The highest BCUT2D eigenvalue weighted by molar-refractivity contribution is 7.91. The third-order valence-corrected chi connectivity index (χ3v) is 5.03. The lowest BCUT2D eigenvalue weighted by molar-refractivity contribution is 0.372. The van der Waals surface area contributed by atoms with Crippen LogP contribution in [-0.4, -0.2) is 33.0 Å². The van der Waals surface area contributed by atoms with Crippen molar-refractivity contribution in [3.63, 3.8) is 0 Å². The third-order valence-electron chi connectivity index (χ3n) is 3.35.